The van der Waals surface area contributed by atoms with Crippen LogP contribution in [0.4, 0.5) is 0 Å². The maximum atomic E-state index is 6.08. The molecule has 5 N–H and O–H groups in total. The van der Waals surface area contributed by atoms with Gasteiger partial charge in [-0.05, 0) is 49.8 Å². The first kappa shape index (κ1) is 16.2. The molecule has 0 heterocycles. The van der Waals surface area contributed by atoms with Gasteiger partial charge in [0.2, 0.25) is 0 Å². The van der Waals surface area contributed by atoms with E-state index in [2.05, 4.69) is 18.8 Å². The van der Waals surface area contributed by atoms with Crippen LogP contribution in [0.2, 0.25) is 0 Å². The normalized spacial score (nSPS) is 23.1. The zero-order valence-corrected chi connectivity index (χ0v) is 13.4. The Bertz CT molecular complexity index is 557. The predicted octanol–water partition coefficient (Wildman–Crippen LogP) is 3.51. The highest BCUT2D eigenvalue weighted by Gasteiger charge is 2.22. The molecule has 3 nitrogen and oxygen atoms in total. The monoisotopic (exact) mass is 297 g/mol. The van der Waals surface area contributed by atoms with Crippen LogP contribution in [-0.4, -0.2) is 6.04 Å². The van der Waals surface area contributed by atoms with Crippen molar-refractivity contribution < 1.29 is 0 Å². The highest BCUT2D eigenvalue weighted by molar-refractivity contribution is 5.63. The summed E-state index contributed by atoms with van der Waals surface area (Å²) in [6, 6.07) is 10.3. The second-order valence-corrected chi connectivity index (χ2v) is 6.16. The fourth-order valence-electron chi connectivity index (χ4n) is 2.96. The number of nitrogens with two attached hydrogens (primary N) is 2. The van der Waals surface area contributed by atoms with Crippen LogP contribution >= 0.6 is 0 Å². The van der Waals surface area contributed by atoms with E-state index in [1.54, 1.807) is 0 Å². The van der Waals surface area contributed by atoms with E-state index < -0.39 is 0 Å². The molecule has 0 radical (unpaired) electrons. The van der Waals surface area contributed by atoms with Crippen LogP contribution in [0.25, 0.3) is 5.70 Å². The maximum Gasteiger partial charge on any atom is 0.0962 e. The second-order valence-electron chi connectivity index (χ2n) is 6.16. The van der Waals surface area contributed by atoms with Gasteiger partial charge in [0.1, 0.15) is 0 Å². The topological polar surface area (TPSA) is 64.1 Å². The molecule has 118 valence electrons. The molecule has 1 aliphatic carbocycles. The van der Waals surface area contributed by atoms with Crippen molar-refractivity contribution in [3.63, 3.8) is 0 Å². The molecule has 0 amide bonds. The van der Waals surface area contributed by atoms with Gasteiger partial charge in [-0.3, -0.25) is 0 Å². The smallest absolute Gasteiger partial charge is 0.0962 e. The molecule has 1 saturated carbocycles. The van der Waals surface area contributed by atoms with Crippen LogP contribution in [0.5, 0.6) is 0 Å². The summed E-state index contributed by atoms with van der Waals surface area (Å²) in [5.41, 5.74) is 15.1. The summed E-state index contributed by atoms with van der Waals surface area (Å²) in [7, 11) is 0. The molecule has 1 aliphatic rings. The first-order valence-electron chi connectivity index (χ1n) is 7.96. The van der Waals surface area contributed by atoms with Crippen LogP contribution in [0.3, 0.4) is 0 Å². The minimum Gasteiger partial charge on any atom is -0.398 e. The van der Waals surface area contributed by atoms with Gasteiger partial charge in [0, 0.05) is 11.7 Å². The number of nitrogens with one attached hydrogen (secondary N) is 1. The Kier molecular flexibility index (Phi) is 5.70. The van der Waals surface area contributed by atoms with E-state index in [0.717, 1.165) is 18.4 Å². The molecule has 0 saturated heterocycles. The van der Waals surface area contributed by atoms with Crippen LogP contribution < -0.4 is 16.8 Å². The van der Waals surface area contributed by atoms with Crippen molar-refractivity contribution in [2.45, 2.75) is 38.6 Å². The average molecular weight is 297 g/mol. The largest absolute Gasteiger partial charge is 0.398 e. The van der Waals surface area contributed by atoms with E-state index in [4.69, 9.17) is 11.5 Å². The van der Waals surface area contributed by atoms with Crippen molar-refractivity contribution in [3.05, 3.63) is 66.0 Å². The molecule has 0 aliphatic heterocycles. The standard InChI is InChI=1S/C19H27N3/c1-14(2)16-9-6-10-17(13-16)22-19(21)12-11-18(20)15-7-4-3-5-8-15/h3-5,7-8,11-12,16-17,22H,1,6,9-10,13,20-21H2,2H3/b18-11-,19-12+. The van der Waals surface area contributed by atoms with E-state index in [1.807, 2.05) is 42.5 Å². The van der Waals surface area contributed by atoms with Crippen molar-refractivity contribution in [1.29, 1.82) is 0 Å². The van der Waals surface area contributed by atoms with Gasteiger partial charge in [0.25, 0.3) is 0 Å². The molecule has 1 aromatic rings. The first-order valence-corrected chi connectivity index (χ1v) is 7.96. The van der Waals surface area contributed by atoms with Gasteiger partial charge in [-0.25, -0.2) is 0 Å². The van der Waals surface area contributed by atoms with Gasteiger partial charge < -0.3 is 16.8 Å². The lowest BCUT2D eigenvalue weighted by Crippen LogP contribution is -2.36. The van der Waals surface area contributed by atoms with Gasteiger partial charge in [-0.2, -0.15) is 0 Å². The van der Waals surface area contributed by atoms with Crippen molar-refractivity contribution in [2.75, 3.05) is 0 Å². The Morgan fingerprint density at radius 2 is 1.91 bits per heavy atom. The Morgan fingerprint density at radius 1 is 1.18 bits per heavy atom. The zero-order valence-electron chi connectivity index (χ0n) is 13.4. The number of hydrogen-bond donors (Lipinski definition) is 3. The van der Waals surface area contributed by atoms with Gasteiger partial charge in [-0.15, -0.1) is 0 Å². The fourth-order valence-corrected chi connectivity index (χ4v) is 2.96. The third kappa shape index (κ3) is 4.69. The summed E-state index contributed by atoms with van der Waals surface area (Å²) in [6.07, 6.45) is 8.46. The average Bonchev–Trinajstić information content (AvgIpc) is 2.53. The predicted molar refractivity (Wildman–Crippen MR) is 94.6 cm³/mol. The van der Waals surface area contributed by atoms with Crippen molar-refractivity contribution >= 4 is 5.70 Å². The Hall–Kier alpha value is -2.16. The second kappa shape index (κ2) is 7.74. The number of allylic oxidation sites excluding steroid dienone is 3. The van der Waals surface area contributed by atoms with Crippen LogP contribution in [0.1, 0.15) is 38.2 Å². The van der Waals surface area contributed by atoms with E-state index >= 15 is 0 Å². The fraction of sp³-hybridized carbons (Fsp3) is 0.368. The summed E-state index contributed by atoms with van der Waals surface area (Å²) in [5.74, 6) is 1.29. The summed E-state index contributed by atoms with van der Waals surface area (Å²) in [5, 5.41) is 3.41. The van der Waals surface area contributed by atoms with Crippen molar-refractivity contribution in [3.8, 4) is 0 Å². The lowest BCUT2D eigenvalue weighted by molar-refractivity contribution is 0.328. The summed E-state index contributed by atoms with van der Waals surface area (Å²) >= 11 is 0. The molecule has 2 unspecified atom stereocenters. The Labute approximate surface area is 133 Å². The molecule has 2 rings (SSSR count). The van der Waals surface area contributed by atoms with Crippen molar-refractivity contribution in [2.24, 2.45) is 17.4 Å². The molecule has 1 fully saturated rings. The SMILES string of the molecule is C=C(C)C1CCCC(N/C(N)=C/C=C(\N)c2ccccc2)C1. The number of rotatable bonds is 5. The molecule has 22 heavy (non-hydrogen) atoms. The quantitative estimate of drug-likeness (QED) is 0.575. The van der Waals surface area contributed by atoms with Crippen LogP contribution in [0, 0.1) is 5.92 Å². The molecule has 0 aromatic heterocycles. The molecule has 1 aromatic carbocycles. The van der Waals surface area contributed by atoms with Crippen molar-refractivity contribution in [1.82, 2.24) is 5.32 Å². The highest BCUT2D eigenvalue weighted by atomic mass is 15.0. The molecule has 0 spiro atoms. The molecule has 2 atom stereocenters. The van der Waals surface area contributed by atoms with Gasteiger partial charge >= 0.3 is 0 Å². The van der Waals surface area contributed by atoms with Gasteiger partial charge in [0.15, 0.2) is 0 Å². The van der Waals surface area contributed by atoms with E-state index in [0.29, 0.717) is 23.5 Å². The zero-order chi connectivity index (χ0) is 15.9. The van der Waals surface area contributed by atoms with E-state index in [1.165, 1.54) is 18.4 Å². The maximum absolute atomic E-state index is 6.08. The third-order valence-corrected chi connectivity index (χ3v) is 4.29. The molecular formula is C19H27N3. The lowest BCUT2D eigenvalue weighted by Gasteiger charge is -2.30. The Morgan fingerprint density at radius 3 is 2.59 bits per heavy atom. The number of hydrogen-bond acceptors (Lipinski definition) is 3. The lowest BCUT2D eigenvalue weighted by atomic mass is 9.82. The summed E-state index contributed by atoms with van der Waals surface area (Å²) in [6.45, 7) is 6.21. The first-order chi connectivity index (χ1) is 10.6. The minimum absolute atomic E-state index is 0.429. The molecule has 3 heteroatoms. The van der Waals surface area contributed by atoms with Crippen LogP contribution in [0.15, 0.2) is 60.5 Å². The Balaban J connectivity index is 1.94. The third-order valence-electron chi connectivity index (χ3n) is 4.29. The van der Waals surface area contributed by atoms with Gasteiger partial charge in [-0.1, -0.05) is 48.9 Å². The van der Waals surface area contributed by atoms with E-state index in [-0.39, 0.29) is 0 Å². The number of benzene rings is 1. The van der Waals surface area contributed by atoms with Crippen LogP contribution in [-0.2, 0) is 0 Å². The van der Waals surface area contributed by atoms with E-state index in [9.17, 15) is 0 Å². The molecular weight excluding hydrogens is 270 g/mol. The minimum atomic E-state index is 0.429. The summed E-state index contributed by atoms with van der Waals surface area (Å²) < 4.78 is 0. The highest BCUT2D eigenvalue weighted by Crippen LogP contribution is 2.29. The molecule has 0 bridgehead atoms. The summed E-state index contributed by atoms with van der Waals surface area (Å²) in [4.78, 5) is 0. The van der Waals surface area contributed by atoms with Gasteiger partial charge in [0.05, 0.1) is 5.82 Å².